The van der Waals surface area contributed by atoms with Crippen LogP contribution in [0, 0.1) is 116 Å². The van der Waals surface area contributed by atoms with Gasteiger partial charge in [0.25, 0.3) is 0 Å². The first kappa shape index (κ1) is 58.4. The molecular weight excluding hydrogens is 1150 g/mol. The number of benzene rings is 6. The van der Waals surface area contributed by atoms with Gasteiger partial charge in [-0.25, -0.2) is 87.8 Å². The van der Waals surface area contributed by atoms with Crippen molar-refractivity contribution in [2.75, 3.05) is 0 Å². The second-order valence-electron chi connectivity index (χ2n) is 16.5. The first-order valence-corrected chi connectivity index (χ1v) is 25.2. The predicted octanol–water partition coefficient (Wildman–Crippen LogP) is 14.5. The molecule has 406 valence electrons. The van der Waals surface area contributed by atoms with E-state index in [1.165, 1.54) is 22.4 Å². The lowest BCUT2D eigenvalue weighted by molar-refractivity contribution is 0.242. The van der Waals surface area contributed by atoms with E-state index in [2.05, 4.69) is 106 Å². The zero-order chi connectivity index (χ0) is 56.9. The van der Waals surface area contributed by atoms with Crippen LogP contribution in [0.25, 0.3) is 0 Å². The molecule has 0 bridgehead atoms. The summed E-state index contributed by atoms with van der Waals surface area (Å²) in [6.45, 7) is 8.21. The Morgan fingerprint density at radius 2 is 0.649 bits per heavy atom. The molecule has 6 aromatic carbocycles. The van der Waals surface area contributed by atoms with E-state index in [9.17, 15) is 52.7 Å². The highest BCUT2D eigenvalue weighted by atomic mass is 32.2. The lowest BCUT2D eigenvalue weighted by Crippen LogP contribution is -2.81. The van der Waals surface area contributed by atoms with Crippen molar-refractivity contribution in [2.24, 2.45) is 0 Å². The third kappa shape index (κ3) is 10.6. The molecule has 0 aliphatic carbocycles. The summed E-state index contributed by atoms with van der Waals surface area (Å²) in [4.78, 5) is 2.57. The van der Waals surface area contributed by atoms with Crippen LogP contribution < -0.4 is 31.3 Å². The minimum atomic E-state index is -7.22. The van der Waals surface area contributed by atoms with E-state index >= 15 is 35.1 Å². The Bertz CT molecular complexity index is 3090. The van der Waals surface area contributed by atoms with E-state index in [-0.39, 0.29) is 23.1 Å². The molecule has 0 spiro atoms. The van der Waals surface area contributed by atoms with Gasteiger partial charge in [0.05, 0.1) is 20.6 Å². The monoisotopic (exact) mass is 1180 g/mol. The summed E-state index contributed by atoms with van der Waals surface area (Å²) < 4.78 is 310. The molecule has 0 N–H and O–H groups in total. The molecule has 0 unspecified atom stereocenters. The van der Waals surface area contributed by atoms with Crippen LogP contribution in [0.15, 0.2) is 101 Å². The molecule has 0 aliphatic heterocycles. The molecule has 8 rings (SSSR count). The highest BCUT2D eigenvalue weighted by Gasteiger charge is 2.52. The third-order valence-corrected chi connectivity index (χ3v) is 16.8. The maximum absolute atomic E-state index is 15.4. The second kappa shape index (κ2) is 23.0. The Hall–Kier alpha value is -6.32. The number of ether oxygens (including phenoxy) is 2. The topological polar surface area (TPSA) is 18.5 Å². The quantitative estimate of drug-likeness (QED) is 0.0377. The standard InChI is InChI=1S/C26H27O2S4.C24BF20/c1-18(2)27-20-7-11-22(12-8-20)32(23-13-9-21(10-14-23)28-19(3)4)26-16-15-25(31-26)30-24-6-5-17-29-24;26-5-1(6(27)14(35)21(42)13(5)34)25(2-7(28)15(36)22(43)16(37)8(2)29,3-9(30)17(38)23(44)18(39)10(3)31)4-11(32)19(40)24(45)20(41)12(4)33/h5-19H,1-4H3;/q+1;-1. The second-order valence-corrected chi connectivity index (χ2v) is 22.4. The van der Waals surface area contributed by atoms with Gasteiger partial charge in [0.15, 0.2) is 79.6 Å². The van der Waals surface area contributed by atoms with Crippen LogP contribution in [0.5, 0.6) is 11.5 Å². The SMILES string of the molecule is CC(C)Oc1ccc([S+](c2ccc(OC(C)C)cc2)c2ccc(Sc3cccs3)s2)cc1.Fc1c(F)c(F)c([B-](c2c(F)c(F)c(F)c(F)c2F)(c2c(F)c(F)c(F)c(F)c2F)c2c(F)c(F)c(F)c(F)c2F)c(F)c1F. The van der Waals surface area contributed by atoms with Crippen molar-refractivity contribution in [3.63, 3.8) is 0 Å². The lowest BCUT2D eigenvalue weighted by atomic mass is 9.12. The van der Waals surface area contributed by atoms with Gasteiger partial charge < -0.3 is 9.47 Å². The van der Waals surface area contributed by atoms with E-state index in [4.69, 9.17) is 9.47 Å². The zero-order valence-corrected chi connectivity index (χ0v) is 42.0. The van der Waals surface area contributed by atoms with Crippen LogP contribution in [-0.2, 0) is 10.9 Å². The largest absolute Gasteiger partial charge is 0.491 e. The first-order valence-electron chi connectivity index (χ1n) is 21.5. The van der Waals surface area contributed by atoms with Gasteiger partial charge in [0, 0.05) is 6.07 Å². The lowest BCUT2D eigenvalue weighted by Gasteiger charge is -2.44. The van der Waals surface area contributed by atoms with Gasteiger partial charge in [-0.3, -0.25) is 0 Å². The molecule has 2 nitrogen and oxygen atoms in total. The molecule has 8 aromatic rings. The minimum absolute atomic E-state index is 0.168. The van der Waals surface area contributed by atoms with E-state index < -0.39 is 144 Å². The molecule has 2 aromatic heterocycles. The third-order valence-electron chi connectivity index (χ3n) is 11.0. The smallest absolute Gasteiger partial charge is 0.221 e. The van der Waals surface area contributed by atoms with Crippen molar-refractivity contribution in [1.82, 2.24) is 0 Å². The van der Waals surface area contributed by atoms with Gasteiger partial charge in [-0.1, -0.05) is 29.2 Å². The number of thiophene rings is 2. The van der Waals surface area contributed by atoms with Crippen molar-refractivity contribution in [2.45, 2.75) is 62.3 Å². The van der Waals surface area contributed by atoms with Crippen molar-refractivity contribution in [1.29, 1.82) is 0 Å². The van der Waals surface area contributed by atoms with E-state index in [1.807, 2.05) is 23.1 Å². The molecule has 0 fully saturated rings. The summed E-state index contributed by atoms with van der Waals surface area (Å²) in [7, 11) is -0.187. The van der Waals surface area contributed by atoms with E-state index in [1.54, 1.807) is 11.3 Å². The molecule has 0 radical (unpaired) electrons. The van der Waals surface area contributed by atoms with Crippen molar-refractivity contribution >= 4 is 73.3 Å². The van der Waals surface area contributed by atoms with Crippen LogP contribution in [0.1, 0.15) is 27.7 Å². The maximum atomic E-state index is 15.4. The molecule has 77 heavy (non-hydrogen) atoms. The van der Waals surface area contributed by atoms with Crippen LogP contribution in [0.2, 0.25) is 0 Å². The van der Waals surface area contributed by atoms with Gasteiger partial charge >= 0.3 is 0 Å². The predicted molar refractivity (Wildman–Crippen MR) is 249 cm³/mol. The number of hydrogen-bond acceptors (Lipinski definition) is 5. The molecule has 27 heteroatoms. The Morgan fingerprint density at radius 3 is 0.909 bits per heavy atom. The van der Waals surface area contributed by atoms with Gasteiger partial charge in [-0.15, -0.1) is 33.2 Å². The summed E-state index contributed by atoms with van der Waals surface area (Å²) >= 11 is 5.51. The van der Waals surface area contributed by atoms with Gasteiger partial charge in [0.2, 0.25) is 4.21 Å². The fourth-order valence-corrected chi connectivity index (χ4v) is 14.0. The maximum Gasteiger partial charge on any atom is 0.221 e. The fraction of sp³-hybridized carbons (Fsp3) is 0.120. The summed E-state index contributed by atoms with van der Waals surface area (Å²) in [6.07, 6.45) is -6.88. The molecule has 2 heterocycles. The Labute approximate surface area is 437 Å². The van der Waals surface area contributed by atoms with Gasteiger partial charge in [0.1, 0.15) is 75.1 Å². The Balaban J connectivity index is 0.000000236. The van der Waals surface area contributed by atoms with Crippen molar-refractivity contribution in [3.05, 3.63) is 195 Å². The molecule has 0 amide bonds. The molecular formula is C50H27BF20O2S4. The summed E-state index contributed by atoms with van der Waals surface area (Å²) in [5.41, 5.74) is -14.3. The molecule has 0 aliphatic rings. The Morgan fingerprint density at radius 1 is 0.364 bits per heavy atom. The van der Waals surface area contributed by atoms with Crippen molar-refractivity contribution in [3.8, 4) is 11.5 Å². The molecule has 0 saturated carbocycles. The van der Waals surface area contributed by atoms with Gasteiger partial charge in [-0.2, -0.15) is 0 Å². The van der Waals surface area contributed by atoms with Crippen LogP contribution >= 0.6 is 34.4 Å². The average molecular weight is 1180 g/mol. The van der Waals surface area contributed by atoms with Crippen LogP contribution in [0.3, 0.4) is 0 Å². The number of hydrogen-bond donors (Lipinski definition) is 0. The minimum Gasteiger partial charge on any atom is -0.491 e. The summed E-state index contributed by atoms with van der Waals surface area (Å²) in [5, 5.41) is 2.13. The van der Waals surface area contributed by atoms with E-state index in [0.29, 0.717) is 0 Å². The normalized spacial score (nSPS) is 11.8. The molecule has 0 atom stereocenters. The summed E-state index contributed by atoms with van der Waals surface area (Å²) in [6, 6.07) is 25.9. The Kier molecular flexibility index (Phi) is 17.4. The highest BCUT2D eigenvalue weighted by Crippen LogP contribution is 2.42. The average Bonchev–Trinajstić information content (AvgIpc) is 4.10. The zero-order valence-electron chi connectivity index (χ0n) is 38.7. The van der Waals surface area contributed by atoms with Gasteiger partial charge in [-0.05, 0) is 93.7 Å². The van der Waals surface area contributed by atoms with E-state index in [0.717, 1.165) is 11.5 Å². The fourth-order valence-electron chi connectivity index (χ4n) is 7.98. The highest BCUT2D eigenvalue weighted by molar-refractivity contribution is 8.03. The molecule has 0 saturated heterocycles. The number of halogens is 20. The number of rotatable bonds is 13. The first-order chi connectivity index (χ1) is 36.2. The summed E-state index contributed by atoms with van der Waals surface area (Å²) in [5.74, 6) is -69.6. The van der Waals surface area contributed by atoms with Crippen LogP contribution in [-0.4, -0.2) is 18.4 Å². The van der Waals surface area contributed by atoms with Crippen molar-refractivity contribution < 1.29 is 97.3 Å². The van der Waals surface area contributed by atoms with Crippen LogP contribution in [0.4, 0.5) is 87.8 Å².